The highest BCUT2D eigenvalue weighted by molar-refractivity contribution is 5.94. The minimum atomic E-state index is -0.620. The first kappa shape index (κ1) is 20.1. The van der Waals surface area contributed by atoms with Crippen molar-refractivity contribution in [2.75, 3.05) is 10.6 Å². The maximum atomic E-state index is 12.4. The van der Waals surface area contributed by atoms with Gasteiger partial charge in [0.1, 0.15) is 17.4 Å². The summed E-state index contributed by atoms with van der Waals surface area (Å²) in [5.41, 5.74) is 1.51. The molecule has 0 bridgehead atoms. The number of aryl methyl sites for hydroxylation is 1. The van der Waals surface area contributed by atoms with Crippen LogP contribution in [0.3, 0.4) is 0 Å². The molecule has 0 saturated carbocycles. The summed E-state index contributed by atoms with van der Waals surface area (Å²) in [6, 6.07) is 20.3. The average molecular weight is 414 g/mol. The quantitative estimate of drug-likeness (QED) is 0.472. The third-order valence-electron chi connectivity index (χ3n) is 4.41. The van der Waals surface area contributed by atoms with Crippen molar-refractivity contribution in [3.63, 3.8) is 0 Å². The molecule has 8 nitrogen and oxygen atoms in total. The summed E-state index contributed by atoms with van der Waals surface area (Å²) in [5, 5.41) is 10.3. The van der Waals surface area contributed by atoms with Crippen LogP contribution in [-0.4, -0.2) is 31.8 Å². The maximum Gasteiger partial charge on any atom is 0.265 e. The van der Waals surface area contributed by atoms with E-state index in [1.165, 1.54) is 0 Å². The van der Waals surface area contributed by atoms with Crippen LogP contribution in [-0.2, 0) is 4.79 Å². The SMILES string of the molecule is Cc1nc(Nc2ccc(NC(=O)[C@H](C)Oc3ccccc3)cc2)cc(-n2cccn2)n1. The Hall–Kier alpha value is -4.20. The summed E-state index contributed by atoms with van der Waals surface area (Å²) in [5.74, 6) is 2.39. The second-order valence-electron chi connectivity index (χ2n) is 6.87. The molecule has 0 unspecified atom stereocenters. The molecule has 0 radical (unpaired) electrons. The highest BCUT2D eigenvalue weighted by atomic mass is 16.5. The van der Waals surface area contributed by atoms with Gasteiger partial charge in [0.05, 0.1) is 0 Å². The van der Waals surface area contributed by atoms with E-state index in [0.29, 0.717) is 28.9 Å². The zero-order valence-electron chi connectivity index (χ0n) is 17.2. The third-order valence-corrected chi connectivity index (χ3v) is 4.41. The molecule has 8 heteroatoms. The van der Waals surface area contributed by atoms with Gasteiger partial charge in [-0.1, -0.05) is 18.2 Å². The third kappa shape index (κ3) is 5.24. The lowest BCUT2D eigenvalue weighted by Crippen LogP contribution is -2.30. The molecule has 2 N–H and O–H groups in total. The van der Waals surface area contributed by atoms with Crippen LogP contribution in [0.5, 0.6) is 5.75 Å². The van der Waals surface area contributed by atoms with Crippen molar-refractivity contribution in [3.8, 4) is 11.6 Å². The Morgan fingerprint density at radius 1 is 1.00 bits per heavy atom. The molecule has 2 aromatic carbocycles. The molecule has 0 aliphatic carbocycles. The minimum Gasteiger partial charge on any atom is -0.481 e. The first-order valence-corrected chi connectivity index (χ1v) is 9.82. The highest BCUT2D eigenvalue weighted by Gasteiger charge is 2.14. The molecule has 0 aliphatic rings. The van der Waals surface area contributed by atoms with E-state index in [4.69, 9.17) is 4.74 Å². The van der Waals surface area contributed by atoms with E-state index < -0.39 is 6.10 Å². The van der Waals surface area contributed by atoms with Crippen molar-refractivity contribution in [1.29, 1.82) is 0 Å². The molecule has 0 spiro atoms. The number of nitrogens with one attached hydrogen (secondary N) is 2. The maximum absolute atomic E-state index is 12.4. The Morgan fingerprint density at radius 2 is 1.74 bits per heavy atom. The summed E-state index contributed by atoms with van der Waals surface area (Å²) in [4.78, 5) is 21.2. The van der Waals surface area contributed by atoms with Gasteiger partial charge >= 0.3 is 0 Å². The largest absolute Gasteiger partial charge is 0.481 e. The zero-order valence-corrected chi connectivity index (χ0v) is 17.2. The lowest BCUT2D eigenvalue weighted by atomic mass is 10.2. The van der Waals surface area contributed by atoms with E-state index in [1.54, 1.807) is 17.8 Å². The molecular weight excluding hydrogens is 392 g/mol. The predicted octanol–water partition coefficient (Wildman–Crippen LogP) is 4.12. The van der Waals surface area contributed by atoms with E-state index in [0.717, 1.165) is 5.69 Å². The summed E-state index contributed by atoms with van der Waals surface area (Å²) in [6.45, 7) is 3.54. The summed E-state index contributed by atoms with van der Waals surface area (Å²) < 4.78 is 7.34. The van der Waals surface area contributed by atoms with Crippen LogP contribution in [0.4, 0.5) is 17.2 Å². The molecule has 1 atom stereocenters. The van der Waals surface area contributed by atoms with Gasteiger partial charge in [-0.2, -0.15) is 5.10 Å². The zero-order chi connectivity index (χ0) is 21.6. The van der Waals surface area contributed by atoms with Crippen LogP contribution < -0.4 is 15.4 Å². The normalized spacial score (nSPS) is 11.5. The Balaban J connectivity index is 1.39. The number of rotatable bonds is 7. The fourth-order valence-corrected chi connectivity index (χ4v) is 2.92. The Labute approximate surface area is 179 Å². The van der Waals surface area contributed by atoms with Crippen molar-refractivity contribution in [1.82, 2.24) is 19.7 Å². The summed E-state index contributed by atoms with van der Waals surface area (Å²) >= 11 is 0. The number of benzene rings is 2. The van der Waals surface area contributed by atoms with E-state index in [1.807, 2.05) is 79.9 Å². The van der Waals surface area contributed by atoms with E-state index in [-0.39, 0.29) is 5.91 Å². The van der Waals surface area contributed by atoms with Crippen LogP contribution >= 0.6 is 0 Å². The first-order valence-electron chi connectivity index (χ1n) is 9.82. The highest BCUT2D eigenvalue weighted by Crippen LogP contribution is 2.20. The minimum absolute atomic E-state index is 0.222. The van der Waals surface area contributed by atoms with E-state index in [2.05, 4.69) is 25.7 Å². The van der Waals surface area contributed by atoms with Crippen molar-refractivity contribution < 1.29 is 9.53 Å². The summed E-state index contributed by atoms with van der Waals surface area (Å²) in [7, 11) is 0. The standard InChI is InChI=1S/C23H22N6O2/c1-16(31-20-7-4-3-5-8-20)23(30)28-19-11-9-18(10-12-19)27-21-15-22(26-17(2)25-21)29-14-6-13-24-29/h3-16H,1-2H3,(H,28,30)(H,25,26,27)/t16-/m0/s1. The van der Waals surface area contributed by atoms with Gasteiger partial charge in [0, 0.05) is 29.8 Å². The van der Waals surface area contributed by atoms with E-state index in [9.17, 15) is 4.79 Å². The summed E-state index contributed by atoms with van der Waals surface area (Å²) in [6.07, 6.45) is 2.90. The van der Waals surface area contributed by atoms with Gasteiger partial charge in [0.25, 0.3) is 5.91 Å². The van der Waals surface area contributed by atoms with Gasteiger partial charge in [0.15, 0.2) is 11.9 Å². The van der Waals surface area contributed by atoms with Crippen molar-refractivity contribution in [3.05, 3.63) is 84.9 Å². The van der Waals surface area contributed by atoms with Crippen molar-refractivity contribution in [2.24, 2.45) is 0 Å². The second-order valence-corrected chi connectivity index (χ2v) is 6.87. The molecule has 2 aromatic heterocycles. The smallest absolute Gasteiger partial charge is 0.265 e. The Bertz CT molecular complexity index is 1140. The molecule has 2 heterocycles. The fourth-order valence-electron chi connectivity index (χ4n) is 2.92. The molecule has 0 fully saturated rings. The lowest BCUT2D eigenvalue weighted by Gasteiger charge is -2.15. The molecule has 0 aliphatic heterocycles. The molecule has 156 valence electrons. The number of para-hydroxylation sites is 1. The number of ether oxygens (including phenoxy) is 1. The monoisotopic (exact) mass is 414 g/mol. The molecule has 4 aromatic rings. The topological polar surface area (TPSA) is 94.0 Å². The number of aromatic nitrogens is 4. The number of hydrogen-bond donors (Lipinski definition) is 2. The van der Waals surface area contributed by atoms with Gasteiger partial charge in [-0.3, -0.25) is 4.79 Å². The van der Waals surface area contributed by atoms with E-state index >= 15 is 0 Å². The molecule has 1 amide bonds. The molecule has 0 saturated heterocycles. The number of carbonyl (C=O) groups is 1. The molecule has 4 rings (SSSR count). The van der Waals surface area contributed by atoms with Crippen LogP contribution in [0.2, 0.25) is 0 Å². The van der Waals surface area contributed by atoms with Gasteiger partial charge in [-0.25, -0.2) is 14.6 Å². The number of anilines is 3. The Kier molecular flexibility index (Phi) is 5.89. The molecule has 31 heavy (non-hydrogen) atoms. The van der Waals surface area contributed by atoms with Crippen molar-refractivity contribution >= 4 is 23.1 Å². The van der Waals surface area contributed by atoms with Crippen LogP contribution in [0, 0.1) is 6.92 Å². The predicted molar refractivity (Wildman–Crippen MR) is 119 cm³/mol. The fraction of sp³-hybridized carbons (Fsp3) is 0.130. The van der Waals surface area contributed by atoms with Gasteiger partial charge in [0.2, 0.25) is 0 Å². The van der Waals surface area contributed by atoms with Crippen LogP contribution in [0.1, 0.15) is 12.7 Å². The van der Waals surface area contributed by atoms with Crippen molar-refractivity contribution in [2.45, 2.75) is 20.0 Å². The second kappa shape index (κ2) is 9.08. The first-order chi connectivity index (χ1) is 15.1. The number of carbonyl (C=O) groups excluding carboxylic acids is 1. The van der Waals surface area contributed by atoms with Crippen LogP contribution in [0.15, 0.2) is 79.1 Å². The lowest BCUT2D eigenvalue weighted by molar-refractivity contribution is -0.122. The number of nitrogens with zero attached hydrogens (tertiary/aromatic N) is 4. The molecular formula is C23H22N6O2. The van der Waals surface area contributed by atoms with Gasteiger partial charge in [-0.05, 0) is 56.3 Å². The van der Waals surface area contributed by atoms with Gasteiger partial charge < -0.3 is 15.4 Å². The Morgan fingerprint density at radius 3 is 2.45 bits per heavy atom. The average Bonchev–Trinajstić information content (AvgIpc) is 3.30. The van der Waals surface area contributed by atoms with Crippen LogP contribution in [0.25, 0.3) is 5.82 Å². The van der Waals surface area contributed by atoms with Gasteiger partial charge in [-0.15, -0.1) is 0 Å². The number of hydrogen-bond acceptors (Lipinski definition) is 6. The number of amides is 1.